The quantitative estimate of drug-likeness (QED) is 0.237. The van der Waals surface area contributed by atoms with Gasteiger partial charge in [-0.15, -0.1) is 0 Å². The maximum Gasteiger partial charge on any atom is 0.238 e. The molecule has 1 aliphatic heterocycles. The number of aromatic hydroxyl groups is 1. The highest BCUT2D eigenvalue weighted by Gasteiger charge is 2.69. The third-order valence-electron chi connectivity index (χ3n) is 10.7. The number of nitrogens with two attached hydrogens (primary N) is 1. The summed E-state index contributed by atoms with van der Waals surface area (Å²) in [5.41, 5.74) is 3.81. The minimum absolute atomic E-state index is 0.0174. The highest BCUT2D eigenvalue weighted by Crippen LogP contribution is 2.53. The topological polar surface area (TPSA) is 191 Å². The number of likely N-dealkylation sites (N-methyl/N-ethyl adjacent to an activating group) is 1. The Hall–Kier alpha value is -3.68. The lowest BCUT2D eigenvalue weighted by atomic mass is 9.52. The first-order valence-electron chi connectivity index (χ1n) is 15.0. The lowest BCUT2D eigenvalue weighted by molar-refractivity contribution is -0.181. The number of ketones is 4. The number of phenolic OH excluding ortho intramolecular Hbond substituents is 1. The van der Waals surface area contributed by atoms with E-state index in [-0.39, 0.29) is 36.5 Å². The summed E-state index contributed by atoms with van der Waals surface area (Å²) in [5, 5.41) is 25.9. The van der Waals surface area contributed by atoms with Gasteiger partial charge in [0.05, 0.1) is 29.8 Å². The number of amides is 2. The zero-order chi connectivity index (χ0) is 32.0. The molecule has 2 unspecified atom stereocenters. The number of nitrogens with one attached hydrogen (secondary N) is 1. The summed E-state index contributed by atoms with van der Waals surface area (Å²) in [7, 11) is 6.59. The highest BCUT2D eigenvalue weighted by molar-refractivity contribution is 6.32. The predicted molar refractivity (Wildman–Crippen MR) is 157 cm³/mol. The zero-order valence-electron chi connectivity index (χ0n) is 25.4. The van der Waals surface area contributed by atoms with Gasteiger partial charge in [0.25, 0.3) is 0 Å². The van der Waals surface area contributed by atoms with Gasteiger partial charge < -0.3 is 26.2 Å². The lowest BCUT2D eigenvalue weighted by Gasteiger charge is -2.55. The number of carbonyl (C=O) groups excluding carboxylic acids is 6. The Morgan fingerprint density at radius 2 is 1.75 bits per heavy atom. The van der Waals surface area contributed by atoms with Gasteiger partial charge in [-0.25, -0.2) is 0 Å². The third kappa shape index (κ3) is 4.23. The minimum atomic E-state index is -2.79. The van der Waals surface area contributed by atoms with Gasteiger partial charge in [0.2, 0.25) is 11.8 Å². The molecule has 1 saturated heterocycles. The van der Waals surface area contributed by atoms with Gasteiger partial charge >= 0.3 is 0 Å². The molecule has 6 atom stereocenters. The molecule has 1 aromatic rings. The number of benzene rings is 1. The lowest BCUT2D eigenvalue weighted by Crippen LogP contribution is -2.74. The summed E-state index contributed by atoms with van der Waals surface area (Å²) in [6, 6.07) is 0.430. The Bertz CT molecular complexity index is 1510. The van der Waals surface area contributed by atoms with E-state index < -0.39 is 70.1 Å². The van der Waals surface area contributed by atoms with Crippen LogP contribution in [0.15, 0.2) is 6.07 Å². The summed E-state index contributed by atoms with van der Waals surface area (Å²) in [5.74, 6) is -11.5. The number of primary amides is 1. The second kappa shape index (κ2) is 10.2. The summed E-state index contributed by atoms with van der Waals surface area (Å²) in [6.07, 6.45) is 3.65. The van der Waals surface area contributed by atoms with Gasteiger partial charge in [-0.05, 0) is 62.7 Å². The molecule has 5 N–H and O–H groups in total. The van der Waals surface area contributed by atoms with Crippen LogP contribution in [0.4, 0.5) is 11.4 Å². The van der Waals surface area contributed by atoms with E-state index in [1.807, 2.05) is 4.90 Å². The number of hydrogen-bond donors (Lipinski definition) is 4. The molecule has 4 aliphatic carbocycles. The number of nitrogens with zero attached hydrogens (tertiary/aromatic N) is 3. The van der Waals surface area contributed by atoms with Gasteiger partial charge in [0.1, 0.15) is 5.75 Å². The number of Topliss-reactive ketones (excluding diaryl/α,β-unsaturated/α-hetero) is 4. The molecule has 1 heterocycles. The Morgan fingerprint density at radius 1 is 1.09 bits per heavy atom. The van der Waals surface area contributed by atoms with Crippen LogP contribution in [-0.2, 0) is 30.4 Å². The van der Waals surface area contributed by atoms with E-state index in [2.05, 4.69) is 5.32 Å². The van der Waals surface area contributed by atoms with Crippen LogP contribution in [0.5, 0.6) is 5.75 Å². The van der Waals surface area contributed by atoms with Crippen molar-refractivity contribution in [3.05, 3.63) is 17.2 Å². The predicted octanol–water partition coefficient (Wildman–Crippen LogP) is -0.643. The average molecular weight is 610 g/mol. The molecule has 1 aromatic carbocycles. The molecule has 5 aliphatic rings. The molecule has 4 fully saturated rings. The largest absolute Gasteiger partial charge is 0.505 e. The number of phenols is 1. The first-order chi connectivity index (χ1) is 20.6. The molecule has 2 amide bonds. The van der Waals surface area contributed by atoms with Crippen molar-refractivity contribution in [3.8, 4) is 5.75 Å². The summed E-state index contributed by atoms with van der Waals surface area (Å²) >= 11 is 0. The van der Waals surface area contributed by atoms with Crippen LogP contribution < -0.4 is 16.0 Å². The van der Waals surface area contributed by atoms with Crippen molar-refractivity contribution in [3.63, 3.8) is 0 Å². The van der Waals surface area contributed by atoms with Gasteiger partial charge in [0, 0.05) is 38.8 Å². The number of aliphatic hydroxyl groups is 1. The van der Waals surface area contributed by atoms with Crippen molar-refractivity contribution in [1.29, 1.82) is 0 Å². The number of carbonyl (C=O) groups is 6. The van der Waals surface area contributed by atoms with Crippen molar-refractivity contribution in [2.24, 2.45) is 34.8 Å². The van der Waals surface area contributed by atoms with E-state index in [4.69, 9.17) is 5.73 Å². The first-order valence-corrected chi connectivity index (χ1v) is 15.0. The molecule has 0 bridgehead atoms. The maximum absolute atomic E-state index is 14.1. The number of fused-ring (bicyclic) bond motifs is 3. The Kier molecular flexibility index (Phi) is 7.02. The molecule has 13 nitrogen and oxygen atoms in total. The van der Waals surface area contributed by atoms with E-state index in [9.17, 15) is 39.0 Å². The molecule has 1 spiro atoms. The summed E-state index contributed by atoms with van der Waals surface area (Å²) in [4.78, 5) is 85.4. The Balaban J connectivity index is 1.35. The van der Waals surface area contributed by atoms with E-state index in [1.54, 1.807) is 39.2 Å². The van der Waals surface area contributed by atoms with Crippen LogP contribution in [0.1, 0.15) is 41.6 Å². The second-order valence-corrected chi connectivity index (χ2v) is 13.9. The Labute approximate surface area is 254 Å². The molecular formula is C31H39N5O8. The Morgan fingerprint density at radius 3 is 2.30 bits per heavy atom. The second-order valence-electron chi connectivity index (χ2n) is 13.9. The molecule has 6 rings (SSSR count). The highest BCUT2D eigenvalue weighted by atomic mass is 16.3. The van der Waals surface area contributed by atoms with Gasteiger partial charge in [0.15, 0.2) is 34.7 Å². The van der Waals surface area contributed by atoms with Crippen molar-refractivity contribution in [1.82, 2.24) is 9.80 Å². The average Bonchev–Trinajstić information content (AvgIpc) is 2.87. The molecule has 0 aromatic heterocycles. The smallest absolute Gasteiger partial charge is 0.238 e. The van der Waals surface area contributed by atoms with Crippen LogP contribution in [0.2, 0.25) is 0 Å². The summed E-state index contributed by atoms with van der Waals surface area (Å²) < 4.78 is 0. The third-order valence-corrected chi connectivity index (χ3v) is 10.7. The van der Waals surface area contributed by atoms with E-state index in [0.29, 0.717) is 16.7 Å². The summed E-state index contributed by atoms with van der Waals surface area (Å²) in [6.45, 7) is 1.83. The monoisotopic (exact) mass is 609 g/mol. The number of hydrogen-bond acceptors (Lipinski definition) is 11. The fraction of sp³-hybridized carbons (Fsp3) is 0.613. The standard InChI is InChI=1S/C31H39N5O8/c1-34(2)18-10-17(33-19(37)11-36-12-30(13-36)6-5-7-30)24(38)21-15(18)8-14-9-16-23(35(3)4)26(40)22(29(32)43)28(42)31(16,44)27(41)20(14)25(21)39/h10,14,16,20,22-23,38,44H,5-9,11-13H2,1-4H3,(H2,32,43)(H,33,37)/t14-,16-,20?,22?,23-,31-/m0/s1. The maximum atomic E-state index is 14.1. The molecule has 13 heteroatoms. The van der Waals surface area contributed by atoms with Gasteiger partial charge in [-0.1, -0.05) is 6.42 Å². The van der Waals surface area contributed by atoms with Gasteiger partial charge in [-0.2, -0.15) is 0 Å². The molecule has 3 saturated carbocycles. The SMILES string of the molecule is CN(C)c1cc(NC(=O)CN2CC3(CCC3)C2)c(O)c2c1C[C@H]1C[C@H]3[C@H](N(C)C)C(=O)C(C(N)=O)C(=O)[C@@]3(O)C(=O)C1C2=O. The molecule has 236 valence electrons. The molecule has 44 heavy (non-hydrogen) atoms. The first kappa shape index (κ1) is 30.4. The molecule has 0 radical (unpaired) electrons. The van der Waals surface area contributed by atoms with Gasteiger partial charge in [-0.3, -0.25) is 38.6 Å². The van der Waals surface area contributed by atoms with Crippen LogP contribution in [0, 0.1) is 29.1 Å². The normalized spacial score (nSPS) is 32.4. The van der Waals surface area contributed by atoms with E-state index in [0.717, 1.165) is 13.1 Å². The number of likely N-dealkylation sites (tertiary alicyclic amines) is 1. The number of anilines is 2. The van der Waals surface area contributed by atoms with Crippen LogP contribution >= 0.6 is 0 Å². The van der Waals surface area contributed by atoms with Crippen molar-refractivity contribution >= 4 is 46.3 Å². The van der Waals surface area contributed by atoms with E-state index in [1.165, 1.54) is 24.2 Å². The fourth-order valence-electron chi connectivity index (χ4n) is 8.55. The van der Waals surface area contributed by atoms with Crippen LogP contribution in [-0.4, -0.2) is 114 Å². The zero-order valence-corrected chi connectivity index (χ0v) is 25.4. The minimum Gasteiger partial charge on any atom is -0.505 e. The van der Waals surface area contributed by atoms with E-state index >= 15 is 0 Å². The fourth-order valence-corrected chi connectivity index (χ4v) is 8.55. The van der Waals surface area contributed by atoms with Crippen molar-refractivity contribution < 1.29 is 39.0 Å². The van der Waals surface area contributed by atoms with Crippen molar-refractivity contribution in [2.45, 2.75) is 43.7 Å². The van der Waals surface area contributed by atoms with Crippen LogP contribution in [0.3, 0.4) is 0 Å². The van der Waals surface area contributed by atoms with Crippen molar-refractivity contribution in [2.75, 3.05) is 58.0 Å². The van der Waals surface area contributed by atoms with Crippen LogP contribution in [0.25, 0.3) is 0 Å². The molecular weight excluding hydrogens is 570 g/mol. The number of rotatable bonds is 6.